The van der Waals surface area contributed by atoms with Crippen molar-refractivity contribution in [2.24, 2.45) is 0 Å². The third-order valence-corrected chi connectivity index (χ3v) is 4.12. The molecule has 0 radical (unpaired) electrons. The van der Waals surface area contributed by atoms with E-state index in [1.54, 1.807) is 11.3 Å². The molecule has 2 rings (SSSR count). The molecule has 0 fully saturated rings. The van der Waals surface area contributed by atoms with Gasteiger partial charge in [-0.3, -0.25) is 4.79 Å². The molecule has 7 heteroatoms. The fraction of sp³-hybridized carbons (Fsp3) is 0.571. The number of hydrogen-bond acceptors (Lipinski definition) is 6. The van der Waals surface area contributed by atoms with E-state index in [4.69, 9.17) is 4.52 Å². The number of hydrogen-bond donors (Lipinski definition) is 1. The minimum Gasteiger partial charge on any atom is -0.344 e. The molecule has 2 aromatic rings. The monoisotopic (exact) mass is 308 g/mol. The lowest BCUT2D eigenvalue weighted by Gasteiger charge is -2.09. The van der Waals surface area contributed by atoms with E-state index < -0.39 is 0 Å². The molecule has 1 N–H and O–H groups in total. The molecule has 0 aliphatic rings. The van der Waals surface area contributed by atoms with Crippen LogP contribution in [0.4, 0.5) is 0 Å². The highest BCUT2D eigenvalue weighted by Gasteiger charge is 2.19. The molecule has 114 valence electrons. The fourth-order valence-electron chi connectivity index (χ4n) is 1.90. The fourth-order valence-corrected chi connectivity index (χ4v) is 2.83. The molecule has 2 heterocycles. The van der Waals surface area contributed by atoms with Crippen LogP contribution in [0, 0.1) is 13.8 Å². The summed E-state index contributed by atoms with van der Waals surface area (Å²) < 4.78 is 5.18. The minimum absolute atomic E-state index is 0.0708. The maximum Gasteiger partial charge on any atom is 0.248 e. The van der Waals surface area contributed by atoms with Crippen LogP contribution in [0.25, 0.3) is 0 Å². The number of rotatable bonds is 5. The second-order valence-corrected chi connectivity index (χ2v) is 6.64. The van der Waals surface area contributed by atoms with Gasteiger partial charge < -0.3 is 9.84 Å². The number of aryl methyl sites for hydroxylation is 2. The third kappa shape index (κ3) is 3.87. The van der Waals surface area contributed by atoms with Crippen LogP contribution in [0.5, 0.6) is 0 Å². The topological polar surface area (TPSA) is 80.9 Å². The molecule has 0 aliphatic carbocycles. The number of thiazole rings is 1. The van der Waals surface area contributed by atoms with Crippen molar-refractivity contribution in [1.29, 1.82) is 0 Å². The highest BCUT2D eigenvalue weighted by Crippen LogP contribution is 2.19. The van der Waals surface area contributed by atoms with Crippen molar-refractivity contribution in [1.82, 2.24) is 20.4 Å². The summed E-state index contributed by atoms with van der Waals surface area (Å²) in [6.07, 6.45) is 0.326. The average Bonchev–Trinajstić information content (AvgIpc) is 2.97. The Morgan fingerprint density at radius 2 is 2.00 bits per heavy atom. The first-order valence-corrected chi connectivity index (χ1v) is 7.74. The van der Waals surface area contributed by atoms with Crippen molar-refractivity contribution in [3.63, 3.8) is 0 Å². The molecule has 6 nitrogen and oxygen atoms in total. The number of aromatic nitrogens is 3. The minimum atomic E-state index is -0.299. The first-order chi connectivity index (χ1) is 9.86. The lowest BCUT2D eigenvalue weighted by atomic mass is 10.2. The van der Waals surface area contributed by atoms with E-state index in [2.05, 4.69) is 20.4 Å². The molecule has 0 spiro atoms. The smallest absolute Gasteiger partial charge is 0.248 e. The van der Waals surface area contributed by atoms with Gasteiger partial charge in [-0.1, -0.05) is 19.0 Å². The first-order valence-electron chi connectivity index (χ1n) is 6.92. The Kier molecular flexibility index (Phi) is 4.72. The zero-order valence-corrected chi connectivity index (χ0v) is 13.7. The molecule has 0 saturated heterocycles. The van der Waals surface area contributed by atoms with E-state index in [1.165, 1.54) is 0 Å². The molecule has 0 aromatic carbocycles. The molecule has 0 bridgehead atoms. The van der Waals surface area contributed by atoms with Gasteiger partial charge >= 0.3 is 0 Å². The summed E-state index contributed by atoms with van der Waals surface area (Å²) >= 11 is 1.55. The quantitative estimate of drug-likeness (QED) is 0.918. The van der Waals surface area contributed by atoms with Gasteiger partial charge in [0.1, 0.15) is 6.04 Å². The van der Waals surface area contributed by atoms with Gasteiger partial charge in [0, 0.05) is 10.8 Å². The van der Waals surface area contributed by atoms with E-state index in [1.807, 2.05) is 34.6 Å². The van der Waals surface area contributed by atoms with Crippen LogP contribution in [0.15, 0.2) is 4.52 Å². The standard InChI is InChI=1S/C14H20N4O2S/c1-7(2)13-17-14(20-18-13)9(4)16-12(19)6-11-8(3)15-10(5)21-11/h7,9H,6H2,1-5H3,(H,16,19)/t9-/m0/s1. The first kappa shape index (κ1) is 15.6. The summed E-state index contributed by atoms with van der Waals surface area (Å²) in [4.78, 5) is 21.7. The highest BCUT2D eigenvalue weighted by atomic mass is 32.1. The van der Waals surface area contributed by atoms with Gasteiger partial charge in [0.25, 0.3) is 0 Å². The van der Waals surface area contributed by atoms with Crippen LogP contribution in [0.1, 0.15) is 60.0 Å². The van der Waals surface area contributed by atoms with Crippen LogP contribution in [0.2, 0.25) is 0 Å². The highest BCUT2D eigenvalue weighted by molar-refractivity contribution is 7.11. The van der Waals surface area contributed by atoms with E-state index in [0.29, 0.717) is 18.1 Å². The van der Waals surface area contributed by atoms with E-state index in [9.17, 15) is 4.79 Å². The number of carbonyl (C=O) groups is 1. The van der Waals surface area contributed by atoms with Gasteiger partial charge in [-0.25, -0.2) is 4.98 Å². The zero-order valence-electron chi connectivity index (χ0n) is 12.9. The molecule has 1 amide bonds. The Hall–Kier alpha value is -1.76. The van der Waals surface area contributed by atoms with Crippen molar-refractivity contribution in [3.8, 4) is 0 Å². The van der Waals surface area contributed by atoms with Crippen LogP contribution >= 0.6 is 11.3 Å². The SMILES string of the molecule is Cc1nc(C)c(CC(=O)N[C@@H](C)c2nc(C(C)C)no2)s1. The summed E-state index contributed by atoms with van der Waals surface area (Å²) in [6.45, 7) is 9.68. The van der Waals surface area contributed by atoms with E-state index in [0.717, 1.165) is 15.6 Å². The second-order valence-electron chi connectivity index (χ2n) is 5.35. The van der Waals surface area contributed by atoms with E-state index >= 15 is 0 Å². The van der Waals surface area contributed by atoms with Crippen LogP contribution in [-0.2, 0) is 11.2 Å². The number of carbonyl (C=O) groups excluding carboxylic acids is 1. The average molecular weight is 308 g/mol. The molecule has 0 unspecified atom stereocenters. The molecule has 21 heavy (non-hydrogen) atoms. The van der Waals surface area contributed by atoms with Crippen molar-refractivity contribution >= 4 is 17.2 Å². The van der Waals surface area contributed by atoms with Gasteiger partial charge in [-0.15, -0.1) is 11.3 Å². The van der Waals surface area contributed by atoms with Crippen molar-refractivity contribution in [2.75, 3.05) is 0 Å². The lowest BCUT2D eigenvalue weighted by Crippen LogP contribution is -2.28. The largest absolute Gasteiger partial charge is 0.344 e. The van der Waals surface area contributed by atoms with Gasteiger partial charge in [0.15, 0.2) is 5.82 Å². The second kappa shape index (κ2) is 6.34. The number of nitrogens with one attached hydrogen (secondary N) is 1. The van der Waals surface area contributed by atoms with Crippen molar-refractivity contribution < 1.29 is 9.32 Å². The Bertz CT molecular complexity index is 633. The number of amides is 1. The predicted octanol–water partition coefficient (Wildman–Crippen LogP) is 2.69. The lowest BCUT2D eigenvalue weighted by molar-refractivity contribution is -0.121. The van der Waals surface area contributed by atoms with Crippen molar-refractivity contribution in [2.45, 2.75) is 53.0 Å². The Morgan fingerprint density at radius 3 is 2.52 bits per heavy atom. The Morgan fingerprint density at radius 1 is 1.29 bits per heavy atom. The molecular formula is C14H20N4O2S. The molecule has 0 saturated carbocycles. The maximum absolute atomic E-state index is 12.1. The summed E-state index contributed by atoms with van der Waals surface area (Å²) in [5, 5.41) is 7.75. The van der Waals surface area contributed by atoms with Crippen molar-refractivity contribution in [3.05, 3.63) is 27.3 Å². The molecular weight excluding hydrogens is 288 g/mol. The third-order valence-electron chi connectivity index (χ3n) is 3.04. The molecule has 1 atom stereocenters. The van der Waals surface area contributed by atoms with Crippen LogP contribution < -0.4 is 5.32 Å². The van der Waals surface area contributed by atoms with Crippen LogP contribution in [0.3, 0.4) is 0 Å². The Balaban J connectivity index is 1.96. The maximum atomic E-state index is 12.1. The zero-order chi connectivity index (χ0) is 15.6. The Labute approximate surface area is 128 Å². The van der Waals surface area contributed by atoms with E-state index in [-0.39, 0.29) is 17.9 Å². The molecule has 2 aromatic heterocycles. The molecule has 0 aliphatic heterocycles. The summed E-state index contributed by atoms with van der Waals surface area (Å²) in [5.41, 5.74) is 0.917. The predicted molar refractivity (Wildman–Crippen MR) is 80.2 cm³/mol. The normalized spacial score (nSPS) is 12.7. The van der Waals surface area contributed by atoms with Gasteiger partial charge in [0.2, 0.25) is 11.8 Å². The number of nitrogens with zero attached hydrogens (tertiary/aromatic N) is 3. The van der Waals surface area contributed by atoms with Crippen LogP contribution in [-0.4, -0.2) is 21.0 Å². The summed E-state index contributed by atoms with van der Waals surface area (Å²) in [6, 6.07) is -0.299. The van der Waals surface area contributed by atoms with Gasteiger partial charge in [-0.05, 0) is 20.8 Å². The summed E-state index contributed by atoms with van der Waals surface area (Å²) in [7, 11) is 0. The van der Waals surface area contributed by atoms with Gasteiger partial charge in [0.05, 0.1) is 17.1 Å². The summed E-state index contributed by atoms with van der Waals surface area (Å²) in [5.74, 6) is 1.22. The van der Waals surface area contributed by atoms with Gasteiger partial charge in [-0.2, -0.15) is 4.98 Å².